The molecule has 1 saturated heterocycles. The molecule has 0 atom stereocenters. The van der Waals surface area contributed by atoms with Crippen molar-refractivity contribution in [2.45, 2.75) is 6.54 Å². The molecule has 0 spiro atoms. The third-order valence-electron chi connectivity index (χ3n) is 4.78. The van der Waals surface area contributed by atoms with Crippen LogP contribution in [0.3, 0.4) is 0 Å². The van der Waals surface area contributed by atoms with E-state index in [0.29, 0.717) is 5.56 Å². The van der Waals surface area contributed by atoms with Crippen LogP contribution in [0.5, 0.6) is 0 Å². The molecule has 0 unspecified atom stereocenters. The maximum absolute atomic E-state index is 14.0. The quantitative estimate of drug-likeness (QED) is 0.714. The second-order valence-corrected chi connectivity index (χ2v) is 9.10. The Kier molecular flexibility index (Phi) is 6.52. The molecule has 0 aromatic heterocycles. The number of piperazine rings is 1. The highest BCUT2D eigenvalue weighted by molar-refractivity contribution is 7.86. The summed E-state index contributed by atoms with van der Waals surface area (Å²) in [6.45, 7) is 0.394. The van der Waals surface area contributed by atoms with Crippen LogP contribution < -0.4 is 0 Å². The molecule has 0 radical (unpaired) electrons. The molecule has 0 saturated carbocycles. The van der Waals surface area contributed by atoms with E-state index in [9.17, 15) is 22.0 Å². The van der Waals surface area contributed by atoms with Crippen LogP contribution in [0.2, 0.25) is 5.02 Å². The van der Waals surface area contributed by atoms with Gasteiger partial charge >= 0.3 is 0 Å². The molecule has 1 amide bonds. The Bertz CT molecular complexity index is 974. The van der Waals surface area contributed by atoms with Gasteiger partial charge in [-0.1, -0.05) is 17.7 Å². The molecule has 1 heterocycles. The topological polar surface area (TPSA) is 60.9 Å². The minimum absolute atomic E-state index is 0.102. The average molecular weight is 444 g/mol. The van der Waals surface area contributed by atoms with Crippen molar-refractivity contribution in [1.82, 2.24) is 13.5 Å². The number of hydrogen-bond acceptors (Lipinski definition) is 3. The van der Waals surface area contributed by atoms with Gasteiger partial charge in [-0.2, -0.15) is 17.0 Å². The van der Waals surface area contributed by atoms with Gasteiger partial charge in [-0.25, -0.2) is 8.78 Å². The number of nitrogens with zero attached hydrogens (tertiary/aromatic N) is 3. The fourth-order valence-electron chi connectivity index (χ4n) is 3.08. The molecule has 0 N–H and O–H groups in total. The summed E-state index contributed by atoms with van der Waals surface area (Å²) < 4.78 is 55.0. The third-order valence-corrected chi connectivity index (χ3v) is 7.07. The monoisotopic (exact) mass is 443 g/mol. The Morgan fingerprint density at radius 2 is 1.69 bits per heavy atom. The lowest BCUT2D eigenvalue weighted by Gasteiger charge is -2.36. The van der Waals surface area contributed by atoms with Crippen molar-refractivity contribution in [3.63, 3.8) is 0 Å². The predicted octanol–water partition coefficient (Wildman–Crippen LogP) is 2.75. The molecule has 1 aliphatic rings. The Balaban J connectivity index is 1.64. The van der Waals surface area contributed by atoms with Crippen LogP contribution in [0.25, 0.3) is 0 Å². The molecule has 29 heavy (non-hydrogen) atoms. The van der Waals surface area contributed by atoms with Crippen molar-refractivity contribution in [2.75, 3.05) is 33.2 Å². The maximum Gasteiger partial charge on any atom is 0.282 e. The van der Waals surface area contributed by atoms with E-state index in [1.807, 2.05) is 0 Å². The fraction of sp³-hybridized carbons (Fsp3) is 0.316. The second kappa shape index (κ2) is 8.74. The van der Waals surface area contributed by atoms with Crippen LogP contribution in [0.1, 0.15) is 15.9 Å². The molecule has 156 valence electrons. The normalized spacial score (nSPS) is 15.7. The minimum atomic E-state index is -3.86. The highest BCUT2D eigenvalue weighted by atomic mass is 35.5. The van der Waals surface area contributed by atoms with Gasteiger partial charge in [0.25, 0.3) is 16.1 Å². The second-order valence-electron chi connectivity index (χ2n) is 6.66. The summed E-state index contributed by atoms with van der Waals surface area (Å²) in [4.78, 5) is 14.0. The standard InChI is InChI=1S/C19H20ClF2N3O3S/c1-23(13-16-17(20)3-2-4-18(16)22)29(27,28)25-11-9-24(10-12-25)19(26)14-5-7-15(21)8-6-14/h2-8H,9-13H2,1H3. The van der Waals surface area contributed by atoms with E-state index >= 15 is 0 Å². The SMILES string of the molecule is CN(Cc1c(F)cccc1Cl)S(=O)(=O)N1CCN(C(=O)c2ccc(F)cc2)CC1. The number of rotatable bonds is 5. The number of benzene rings is 2. The smallest absolute Gasteiger partial charge is 0.282 e. The number of hydrogen-bond donors (Lipinski definition) is 0. The summed E-state index contributed by atoms with van der Waals surface area (Å²) in [5.74, 6) is -1.29. The molecule has 10 heteroatoms. The first-order valence-electron chi connectivity index (χ1n) is 8.89. The van der Waals surface area contributed by atoms with E-state index in [1.165, 1.54) is 58.7 Å². The molecular weight excluding hydrogens is 424 g/mol. The third kappa shape index (κ3) is 4.75. The first-order chi connectivity index (χ1) is 13.7. The summed E-state index contributed by atoms with van der Waals surface area (Å²) >= 11 is 5.99. The highest BCUT2D eigenvalue weighted by Crippen LogP contribution is 2.23. The lowest BCUT2D eigenvalue weighted by Crippen LogP contribution is -2.53. The van der Waals surface area contributed by atoms with Crippen LogP contribution in [0, 0.1) is 11.6 Å². The van der Waals surface area contributed by atoms with Crippen LogP contribution in [0.15, 0.2) is 42.5 Å². The molecular formula is C19H20ClF2N3O3S. The average Bonchev–Trinajstić information content (AvgIpc) is 2.71. The molecule has 0 aliphatic carbocycles. The summed E-state index contributed by atoms with van der Waals surface area (Å²) in [6, 6.07) is 9.38. The lowest BCUT2D eigenvalue weighted by atomic mass is 10.2. The van der Waals surface area contributed by atoms with E-state index < -0.39 is 21.8 Å². The first kappa shape index (κ1) is 21.6. The zero-order chi connectivity index (χ0) is 21.2. The molecule has 0 bridgehead atoms. The lowest BCUT2D eigenvalue weighted by molar-refractivity contribution is 0.0694. The number of halogens is 3. The molecule has 2 aromatic rings. The van der Waals surface area contributed by atoms with Crippen molar-refractivity contribution in [3.8, 4) is 0 Å². The summed E-state index contributed by atoms with van der Waals surface area (Å²) in [5, 5.41) is 0.154. The van der Waals surface area contributed by atoms with Gasteiger partial charge in [-0.3, -0.25) is 4.79 Å². The van der Waals surface area contributed by atoms with Gasteiger partial charge in [-0.15, -0.1) is 0 Å². The van der Waals surface area contributed by atoms with Crippen LogP contribution >= 0.6 is 11.6 Å². The highest BCUT2D eigenvalue weighted by Gasteiger charge is 2.32. The Morgan fingerprint density at radius 1 is 1.07 bits per heavy atom. The van der Waals surface area contributed by atoms with E-state index in [1.54, 1.807) is 0 Å². The van der Waals surface area contributed by atoms with Gasteiger partial charge < -0.3 is 4.90 Å². The number of carbonyl (C=O) groups excluding carboxylic acids is 1. The molecule has 6 nitrogen and oxygen atoms in total. The van der Waals surface area contributed by atoms with Crippen molar-refractivity contribution in [1.29, 1.82) is 0 Å². The maximum atomic E-state index is 14.0. The summed E-state index contributed by atoms with van der Waals surface area (Å²) in [5.41, 5.74) is 0.444. The van der Waals surface area contributed by atoms with Crippen LogP contribution in [0.4, 0.5) is 8.78 Å². The van der Waals surface area contributed by atoms with E-state index in [0.717, 1.165) is 4.31 Å². The van der Waals surface area contributed by atoms with Gasteiger partial charge in [0.2, 0.25) is 0 Å². The molecule has 1 fully saturated rings. The summed E-state index contributed by atoms with van der Waals surface area (Å²) in [6.07, 6.45) is 0. The van der Waals surface area contributed by atoms with Crippen molar-refractivity contribution < 1.29 is 22.0 Å². The molecule has 2 aromatic carbocycles. The molecule has 3 rings (SSSR count). The van der Waals surface area contributed by atoms with E-state index in [4.69, 9.17) is 11.6 Å². The Labute approximate surface area is 173 Å². The summed E-state index contributed by atoms with van der Waals surface area (Å²) in [7, 11) is -2.50. The largest absolute Gasteiger partial charge is 0.336 e. The first-order valence-corrected chi connectivity index (χ1v) is 10.7. The number of amides is 1. The Hall–Kier alpha value is -2.07. The van der Waals surface area contributed by atoms with Crippen molar-refractivity contribution in [3.05, 3.63) is 70.2 Å². The minimum Gasteiger partial charge on any atom is -0.336 e. The van der Waals surface area contributed by atoms with Crippen LogP contribution in [-0.4, -0.2) is 61.1 Å². The number of carbonyl (C=O) groups is 1. The van der Waals surface area contributed by atoms with Gasteiger partial charge in [0.05, 0.1) is 0 Å². The van der Waals surface area contributed by atoms with Crippen LogP contribution in [-0.2, 0) is 16.8 Å². The zero-order valence-electron chi connectivity index (χ0n) is 15.7. The van der Waals surface area contributed by atoms with Gasteiger partial charge in [-0.05, 0) is 36.4 Å². The molecule has 1 aliphatic heterocycles. The Morgan fingerprint density at radius 3 is 2.28 bits per heavy atom. The fourth-order valence-corrected chi connectivity index (χ4v) is 4.62. The van der Waals surface area contributed by atoms with Gasteiger partial charge in [0.15, 0.2) is 0 Å². The zero-order valence-corrected chi connectivity index (χ0v) is 17.3. The van der Waals surface area contributed by atoms with Gasteiger partial charge in [0, 0.05) is 55.9 Å². The van der Waals surface area contributed by atoms with Crippen molar-refractivity contribution in [2.24, 2.45) is 0 Å². The van der Waals surface area contributed by atoms with Crippen molar-refractivity contribution >= 4 is 27.7 Å². The van der Waals surface area contributed by atoms with E-state index in [2.05, 4.69) is 0 Å². The predicted molar refractivity (Wildman–Crippen MR) is 106 cm³/mol. The van der Waals surface area contributed by atoms with E-state index in [-0.39, 0.29) is 49.2 Å². The van der Waals surface area contributed by atoms with Gasteiger partial charge in [0.1, 0.15) is 11.6 Å².